The normalized spacial score (nSPS) is 30.7. The first-order chi connectivity index (χ1) is 46.0. The molecule has 48 nitrogen and oxygen atoms in total. The summed E-state index contributed by atoms with van der Waals surface area (Å²) in [6, 6.07) is 0. The number of aromatic amines is 3. The van der Waals surface area contributed by atoms with E-state index in [0.717, 1.165) is 46.1 Å². The number of nitrogens with zero attached hydrogens (tertiary/aromatic N) is 13. The molecule has 0 aliphatic carbocycles. The molecule has 0 saturated carbocycles. The first kappa shape index (κ1) is 72.1. The van der Waals surface area contributed by atoms with Crippen molar-refractivity contribution in [2.45, 2.75) is 98.2 Å². The molecule has 4 fully saturated rings. The lowest BCUT2D eigenvalue weighted by Gasteiger charge is -2.38. The number of fused-ring (bicyclic) bond motifs is 4. The SMILES string of the molecule is COC1C(OP([O-])(=S)OCC2OC(n3cnc4c(=O)[nH]c(N)nc43)C(O)C2OP(=O)([O-])OCC2OC(n3cnc4c(=O)[nH]c(N)nc43)C(O)C2O)C(COP(=O)([O-])OP(=S)([S-])OP(=O)([O-])OCC2OC([n+]3cn(C)c4c(=O)[nH]c(N)nc43)C(O)C2O)OC1n1cnc2c(N)ncnc21. The number of aliphatic hydroxyl groups is 5. The number of aliphatic hydroxyl groups excluding tert-OH is 5. The third-order valence-corrected chi connectivity index (χ3v) is 24.2. The van der Waals surface area contributed by atoms with Gasteiger partial charge < -0.3 is 131 Å². The van der Waals surface area contributed by atoms with Gasteiger partial charge in [-0.2, -0.15) is 9.97 Å². The lowest BCUT2D eigenvalue weighted by Crippen LogP contribution is -2.46. The smallest absolute Gasteiger partial charge is 0.313 e. The van der Waals surface area contributed by atoms with Gasteiger partial charge in [0.05, 0.1) is 58.2 Å². The third kappa shape index (κ3) is 14.4. The van der Waals surface area contributed by atoms with Crippen molar-refractivity contribution in [2.24, 2.45) is 7.05 Å². The molecule has 12 heterocycles. The Labute approximate surface area is 558 Å². The highest BCUT2D eigenvalue weighted by atomic mass is 32.9. The molecule has 0 amide bonds. The van der Waals surface area contributed by atoms with Gasteiger partial charge in [0.25, 0.3) is 46.1 Å². The van der Waals surface area contributed by atoms with Gasteiger partial charge in [-0.1, -0.05) is 28.6 Å². The summed E-state index contributed by atoms with van der Waals surface area (Å²) in [5.41, 5.74) is 14.7. The van der Waals surface area contributed by atoms with Gasteiger partial charge in [0.2, 0.25) is 23.6 Å². The molecule has 8 aromatic heterocycles. The van der Waals surface area contributed by atoms with Crippen LogP contribution in [0.4, 0.5) is 23.7 Å². The van der Waals surface area contributed by atoms with E-state index in [2.05, 4.69) is 59.1 Å². The van der Waals surface area contributed by atoms with Crippen molar-refractivity contribution in [1.82, 2.24) is 73.1 Å². The average Bonchev–Trinajstić information content (AvgIpc) is 1.62. The van der Waals surface area contributed by atoms with E-state index < -0.39 is 183 Å². The Morgan fingerprint density at radius 3 is 1.66 bits per heavy atom. The predicted octanol–water partition coefficient (Wildman–Crippen LogP) is -7.98. The molecular weight excluding hydrogens is 1480 g/mol. The number of nitrogens with two attached hydrogens (primary N) is 4. The Balaban J connectivity index is 0.740. The number of aromatic nitrogens is 16. The van der Waals surface area contributed by atoms with Crippen LogP contribution >= 0.6 is 35.9 Å². The monoisotopic (exact) mass is 1530 g/mol. The van der Waals surface area contributed by atoms with Gasteiger partial charge in [-0.3, -0.25) is 69.9 Å². The van der Waals surface area contributed by atoms with Crippen LogP contribution in [0.2, 0.25) is 0 Å². The van der Waals surface area contributed by atoms with Crippen LogP contribution in [0, 0.1) is 0 Å². The van der Waals surface area contributed by atoms with E-state index in [1.54, 1.807) is 0 Å². The number of hydrogen-bond donors (Lipinski definition) is 12. The predicted molar refractivity (Wildman–Crippen MR) is 322 cm³/mol. The van der Waals surface area contributed by atoms with Crippen LogP contribution in [-0.4, -0.2) is 205 Å². The quantitative estimate of drug-likeness (QED) is 0.0144. The second-order valence-corrected chi connectivity index (χ2v) is 33.7. The van der Waals surface area contributed by atoms with E-state index in [0.29, 0.717) is 0 Å². The molecule has 16 N–H and O–H groups in total. The molecule has 21 unspecified atom stereocenters. The van der Waals surface area contributed by atoms with Gasteiger partial charge in [0, 0.05) is 7.11 Å². The van der Waals surface area contributed by atoms with Crippen LogP contribution < -0.4 is 63.8 Å². The lowest BCUT2D eigenvalue weighted by atomic mass is 10.1. The van der Waals surface area contributed by atoms with Crippen molar-refractivity contribution in [1.29, 1.82) is 0 Å². The van der Waals surface area contributed by atoms with Crippen LogP contribution in [0.3, 0.4) is 0 Å². The zero-order chi connectivity index (χ0) is 70.6. The van der Waals surface area contributed by atoms with Crippen LogP contribution in [0.1, 0.15) is 24.9 Å². The molecule has 534 valence electrons. The van der Waals surface area contributed by atoms with Crippen molar-refractivity contribution in [3.63, 3.8) is 0 Å². The molecule has 4 aliphatic rings. The molecule has 12 rings (SSSR count). The van der Waals surface area contributed by atoms with Crippen LogP contribution in [0.5, 0.6) is 0 Å². The number of imidazole rings is 4. The molecule has 4 saturated heterocycles. The van der Waals surface area contributed by atoms with E-state index in [1.807, 2.05) is 0 Å². The highest BCUT2D eigenvalue weighted by molar-refractivity contribution is 8.52. The van der Waals surface area contributed by atoms with Gasteiger partial charge in [0.1, 0.15) is 91.8 Å². The number of rotatable bonds is 25. The zero-order valence-electron chi connectivity index (χ0n) is 49.2. The number of H-pyrrole nitrogens is 3. The van der Waals surface area contributed by atoms with E-state index in [-0.39, 0.29) is 62.4 Å². The van der Waals surface area contributed by atoms with Crippen LogP contribution in [0.25, 0.3) is 44.7 Å². The Hall–Kier alpha value is -5.74. The minimum Gasteiger partial charge on any atom is -0.780 e. The van der Waals surface area contributed by atoms with Gasteiger partial charge >= 0.3 is 5.65 Å². The summed E-state index contributed by atoms with van der Waals surface area (Å²) in [5, 5.41) is 55.5. The number of nitrogen functional groups attached to an aromatic ring is 4. The number of ether oxygens (including phenoxy) is 5. The summed E-state index contributed by atoms with van der Waals surface area (Å²) < 4.78 is 117. The number of aryl methyl sites for hydroxylation is 1. The molecule has 0 radical (unpaired) electrons. The standard InChI is InChI=1S/C42H55N20O28P5S3/c1-58-11-62(32-19(58)35(70)57-42(46)54-32)37-23(66)21(64)13(84-37)4-80-92(73,74)89-95(97,98)90-93(75,76)81-5-15-26(27(78-2)39(86-15)59-8-49-16-28(43)47-7-48-29(16)59)88-94(77,96)82-6-14-25(24(67)38(85-14)61-10-51-18-31(61)53-41(45)56-34(18)69)87-91(71,72)79-3-12-20(63)22(65)36(83-12)60-9-50-17-30(60)52-40(44)55-33(17)68/h7-15,20-27,36-39,63-67H,3-6H2,1-2H3,(H15-,43,44,45,46,47,48,52,53,54,55,56,57,68,69,70,71,72,73,74,75,76,77,96,97,98)/p-4. The van der Waals surface area contributed by atoms with E-state index in [4.69, 9.17) is 114 Å². The van der Waals surface area contributed by atoms with Crippen molar-refractivity contribution in [3.8, 4) is 0 Å². The summed E-state index contributed by atoms with van der Waals surface area (Å²) in [6.07, 6.45) is -23.4. The second kappa shape index (κ2) is 27.2. The Bertz CT molecular complexity index is 4840. The molecule has 8 aromatic rings. The van der Waals surface area contributed by atoms with Gasteiger partial charge in [-0.15, -0.1) is 0 Å². The number of phosphoric ester groups is 3. The fraction of sp³-hybridized carbons (Fsp3) is 0.524. The minimum atomic E-state index is -6.01. The highest BCUT2D eigenvalue weighted by Crippen LogP contribution is 2.67. The molecule has 21 atom stereocenters. The molecule has 56 heteroatoms. The Morgan fingerprint density at radius 2 is 1.06 bits per heavy atom. The first-order valence-electron chi connectivity index (χ1n) is 27.6. The fourth-order valence-electron chi connectivity index (χ4n) is 10.9. The van der Waals surface area contributed by atoms with Crippen molar-refractivity contribution < 1.29 is 123 Å². The van der Waals surface area contributed by atoms with Crippen LogP contribution in [0.15, 0.2) is 46.0 Å². The van der Waals surface area contributed by atoms with E-state index in [9.17, 15) is 73.2 Å². The second-order valence-electron chi connectivity index (χ2n) is 21.5. The fourth-order valence-corrected chi connectivity index (χ4v) is 19.6. The maximum atomic E-state index is 14.6. The summed E-state index contributed by atoms with van der Waals surface area (Å²) in [7, 11) is -15.1. The van der Waals surface area contributed by atoms with Gasteiger partial charge in [0.15, 0.2) is 58.8 Å². The summed E-state index contributed by atoms with van der Waals surface area (Å²) in [4.78, 5) is 132. The summed E-state index contributed by atoms with van der Waals surface area (Å²) in [6.45, 7) is -9.83. The summed E-state index contributed by atoms with van der Waals surface area (Å²) in [5.74, 6) is -1.22. The first-order valence-corrected chi connectivity index (χ1v) is 38.2. The number of methoxy groups -OCH3 is 1. The number of phosphoric acid groups is 3. The van der Waals surface area contributed by atoms with Crippen molar-refractivity contribution >= 4 is 140 Å². The topological polar surface area (TPSA) is 694 Å². The van der Waals surface area contributed by atoms with E-state index in [1.165, 1.54) is 22.5 Å². The lowest BCUT2D eigenvalue weighted by molar-refractivity contribution is -0.745. The average molecular weight is 1540 g/mol. The van der Waals surface area contributed by atoms with Crippen LogP contribution in [-0.2, 0) is 116 Å². The minimum absolute atomic E-state index is 0.0152. The van der Waals surface area contributed by atoms with Gasteiger partial charge in [-0.05, 0) is 0 Å². The number of nitrogens with one attached hydrogen (secondary N) is 3. The number of hydrogen-bond acceptors (Lipinski definition) is 43. The molecule has 0 aromatic carbocycles. The molecule has 4 aliphatic heterocycles. The zero-order valence-corrected chi connectivity index (χ0v) is 56.1. The maximum Gasteiger partial charge on any atom is 0.313 e. The third-order valence-electron chi connectivity index (χ3n) is 15.2. The molecule has 98 heavy (non-hydrogen) atoms. The largest absolute Gasteiger partial charge is 0.780 e. The highest BCUT2D eigenvalue weighted by Gasteiger charge is 2.53. The Kier molecular flexibility index (Phi) is 20.0. The maximum absolute atomic E-state index is 14.6. The van der Waals surface area contributed by atoms with E-state index >= 15 is 0 Å². The molecular formula is C42H51N20O28P5S3-4. The molecule has 0 spiro atoms. The van der Waals surface area contributed by atoms with Crippen molar-refractivity contribution in [3.05, 3.63) is 62.7 Å². The Morgan fingerprint density at radius 1 is 0.582 bits per heavy atom. The van der Waals surface area contributed by atoms with Crippen molar-refractivity contribution in [2.75, 3.05) is 56.5 Å². The molecule has 0 bridgehead atoms. The summed E-state index contributed by atoms with van der Waals surface area (Å²) >= 11 is 15.2. The number of anilines is 4. The van der Waals surface area contributed by atoms with Gasteiger partial charge in [-0.25, -0.2) is 29.5 Å².